The van der Waals surface area contributed by atoms with Crippen LogP contribution in [0.15, 0.2) is 46.9 Å². The smallest absolute Gasteiger partial charge is 0.153 e. The Morgan fingerprint density at radius 2 is 1.89 bits per heavy atom. The lowest BCUT2D eigenvalue weighted by atomic mass is 10.2. The number of methoxy groups -OCH3 is 1. The predicted molar refractivity (Wildman–Crippen MR) is 76.9 cm³/mol. The van der Waals surface area contributed by atoms with Crippen molar-refractivity contribution in [1.29, 1.82) is 0 Å². The molecule has 0 aromatic heterocycles. The van der Waals surface area contributed by atoms with Gasteiger partial charge >= 0.3 is 0 Å². The van der Waals surface area contributed by atoms with Crippen molar-refractivity contribution >= 4 is 22.2 Å². The molecule has 4 heteroatoms. The standard InChI is InChI=1S/C15H13BrO3/c1-18-14-5-2-11(3-6-14)10-19-15-7-4-13(16)8-12(15)9-17/h2-9H,10H2,1H3. The summed E-state index contributed by atoms with van der Waals surface area (Å²) >= 11 is 3.32. The highest BCUT2D eigenvalue weighted by molar-refractivity contribution is 9.10. The van der Waals surface area contributed by atoms with E-state index in [1.165, 1.54) is 0 Å². The monoisotopic (exact) mass is 320 g/mol. The minimum Gasteiger partial charge on any atom is -0.497 e. The Morgan fingerprint density at radius 3 is 2.53 bits per heavy atom. The summed E-state index contributed by atoms with van der Waals surface area (Å²) in [4.78, 5) is 11.0. The summed E-state index contributed by atoms with van der Waals surface area (Å²) in [6.07, 6.45) is 0.786. The summed E-state index contributed by atoms with van der Waals surface area (Å²) in [6.45, 7) is 0.409. The zero-order chi connectivity index (χ0) is 13.7. The van der Waals surface area contributed by atoms with E-state index in [0.29, 0.717) is 17.9 Å². The average Bonchev–Trinajstić information content (AvgIpc) is 2.46. The molecule has 0 atom stereocenters. The first kappa shape index (κ1) is 13.6. The van der Waals surface area contributed by atoms with E-state index in [1.54, 1.807) is 19.2 Å². The molecule has 0 aliphatic carbocycles. The van der Waals surface area contributed by atoms with Crippen LogP contribution in [-0.2, 0) is 6.61 Å². The summed E-state index contributed by atoms with van der Waals surface area (Å²) in [5.74, 6) is 1.38. The highest BCUT2D eigenvalue weighted by atomic mass is 79.9. The zero-order valence-corrected chi connectivity index (χ0v) is 12.0. The molecule has 2 rings (SSSR count). The molecule has 2 aromatic carbocycles. The van der Waals surface area contributed by atoms with Gasteiger partial charge < -0.3 is 9.47 Å². The van der Waals surface area contributed by atoms with Gasteiger partial charge in [0, 0.05) is 4.47 Å². The van der Waals surface area contributed by atoms with Gasteiger partial charge in [-0.15, -0.1) is 0 Å². The fourth-order valence-electron chi connectivity index (χ4n) is 1.63. The Labute approximate surface area is 120 Å². The van der Waals surface area contributed by atoms with Crippen molar-refractivity contribution in [2.45, 2.75) is 6.61 Å². The van der Waals surface area contributed by atoms with Crippen LogP contribution < -0.4 is 9.47 Å². The number of hydrogen-bond acceptors (Lipinski definition) is 3. The molecule has 2 aromatic rings. The van der Waals surface area contributed by atoms with Crippen LogP contribution in [0.1, 0.15) is 15.9 Å². The molecule has 0 radical (unpaired) electrons. The molecule has 0 fully saturated rings. The fraction of sp³-hybridized carbons (Fsp3) is 0.133. The predicted octanol–water partition coefficient (Wildman–Crippen LogP) is 3.85. The zero-order valence-electron chi connectivity index (χ0n) is 10.4. The van der Waals surface area contributed by atoms with Crippen LogP contribution in [0, 0.1) is 0 Å². The number of halogens is 1. The lowest BCUT2D eigenvalue weighted by molar-refractivity contribution is 0.111. The van der Waals surface area contributed by atoms with E-state index in [1.807, 2.05) is 30.3 Å². The van der Waals surface area contributed by atoms with Crippen LogP contribution in [0.25, 0.3) is 0 Å². The third-order valence-corrected chi connectivity index (χ3v) is 3.15. The molecule has 0 spiro atoms. The second-order valence-electron chi connectivity index (χ2n) is 3.94. The number of aldehydes is 1. The number of ether oxygens (including phenoxy) is 2. The Kier molecular flexibility index (Phi) is 4.58. The van der Waals surface area contributed by atoms with Crippen LogP contribution in [0.5, 0.6) is 11.5 Å². The highest BCUT2D eigenvalue weighted by Crippen LogP contribution is 2.23. The molecule has 0 N–H and O–H groups in total. The van der Waals surface area contributed by atoms with Gasteiger partial charge in [0.2, 0.25) is 0 Å². The van der Waals surface area contributed by atoms with Crippen molar-refractivity contribution in [3.63, 3.8) is 0 Å². The van der Waals surface area contributed by atoms with Crippen LogP contribution in [0.4, 0.5) is 0 Å². The van der Waals surface area contributed by atoms with Crippen molar-refractivity contribution < 1.29 is 14.3 Å². The summed E-state index contributed by atoms with van der Waals surface area (Å²) in [5, 5.41) is 0. The van der Waals surface area contributed by atoms with Gasteiger partial charge in [0.15, 0.2) is 6.29 Å². The van der Waals surface area contributed by atoms with E-state index in [-0.39, 0.29) is 0 Å². The van der Waals surface area contributed by atoms with E-state index in [4.69, 9.17) is 9.47 Å². The van der Waals surface area contributed by atoms with Crippen LogP contribution >= 0.6 is 15.9 Å². The van der Waals surface area contributed by atoms with E-state index in [0.717, 1.165) is 22.1 Å². The minimum absolute atomic E-state index is 0.409. The first-order valence-corrected chi connectivity index (χ1v) is 6.52. The first-order valence-electron chi connectivity index (χ1n) is 5.73. The SMILES string of the molecule is COc1ccc(COc2ccc(Br)cc2C=O)cc1. The van der Waals surface area contributed by atoms with Gasteiger partial charge in [-0.3, -0.25) is 4.79 Å². The molecule has 98 valence electrons. The van der Waals surface area contributed by atoms with E-state index >= 15 is 0 Å². The minimum atomic E-state index is 0.409. The number of rotatable bonds is 5. The van der Waals surface area contributed by atoms with Gasteiger partial charge in [-0.05, 0) is 35.9 Å². The Hall–Kier alpha value is -1.81. The number of carbonyl (C=O) groups is 1. The summed E-state index contributed by atoms with van der Waals surface area (Å²) in [5.41, 5.74) is 1.54. The number of benzene rings is 2. The average molecular weight is 321 g/mol. The molecule has 19 heavy (non-hydrogen) atoms. The van der Waals surface area contributed by atoms with Crippen LogP contribution in [-0.4, -0.2) is 13.4 Å². The first-order chi connectivity index (χ1) is 9.22. The molecule has 0 aliphatic heterocycles. The molecule has 0 aliphatic rings. The Balaban J connectivity index is 2.07. The highest BCUT2D eigenvalue weighted by Gasteiger charge is 2.04. The molecule has 0 heterocycles. The van der Waals surface area contributed by atoms with Crippen LogP contribution in [0.2, 0.25) is 0 Å². The third kappa shape index (κ3) is 3.58. The maximum Gasteiger partial charge on any atom is 0.153 e. The molecular weight excluding hydrogens is 308 g/mol. The van der Waals surface area contributed by atoms with E-state index in [9.17, 15) is 4.79 Å². The summed E-state index contributed by atoms with van der Waals surface area (Å²) in [6, 6.07) is 13.0. The third-order valence-electron chi connectivity index (χ3n) is 2.65. The maximum absolute atomic E-state index is 11.0. The van der Waals surface area contributed by atoms with Gasteiger partial charge in [-0.2, -0.15) is 0 Å². The van der Waals surface area contributed by atoms with Crippen molar-refractivity contribution in [2.75, 3.05) is 7.11 Å². The lowest BCUT2D eigenvalue weighted by Crippen LogP contribution is -1.98. The van der Waals surface area contributed by atoms with Crippen molar-refractivity contribution in [2.24, 2.45) is 0 Å². The van der Waals surface area contributed by atoms with Crippen molar-refractivity contribution in [3.05, 3.63) is 58.1 Å². The van der Waals surface area contributed by atoms with Gasteiger partial charge in [-0.1, -0.05) is 28.1 Å². The van der Waals surface area contributed by atoms with E-state index in [2.05, 4.69) is 15.9 Å². The molecular formula is C15H13BrO3. The summed E-state index contributed by atoms with van der Waals surface area (Å²) < 4.78 is 11.6. The second kappa shape index (κ2) is 6.38. The normalized spacial score (nSPS) is 10.0. The van der Waals surface area contributed by atoms with E-state index < -0.39 is 0 Å². The quantitative estimate of drug-likeness (QED) is 0.785. The maximum atomic E-state index is 11.0. The molecule has 0 amide bonds. The molecule has 0 bridgehead atoms. The van der Waals surface area contributed by atoms with Gasteiger partial charge in [0.05, 0.1) is 12.7 Å². The number of carbonyl (C=O) groups excluding carboxylic acids is 1. The van der Waals surface area contributed by atoms with Crippen LogP contribution in [0.3, 0.4) is 0 Å². The Morgan fingerprint density at radius 1 is 1.16 bits per heavy atom. The topological polar surface area (TPSA) is 35.5 Å². The number of hydrogen-bond donors (Lipinski definition) is 0. The van der Waals surface area contributed by atoms with Gasteiger partial charge in [0.25, 0.3) is 0 Å². The largest absolute Gasteiger partial charge is 0.497 e. The summed E-state index contributed by atoms with van der Waals surface area (Å²) in [7, 11) is 1.63. The molecule has 0 saturated carbocycles. The van der Waals surface area contributed by atoms with Crippen molar-refractivity contribution in [3.8, 4) is 11.5 Å². The Bertz CT molecular complexity index is 564. The second-order valence-corrected chi connectivity index (χ2v) is 4.85. The lowest BCUT2D eigenvalue weighted by Gasteiger charge is -2.09. The van der Waals surface area contributed by atoms with Crippen molar-refractivity contribution in [1.82, 2.24) is 0 Å². The molecule has 0 saturated heterocycles. The fourth-order valence-corrected chi connectivity index (χ4v) is 2.00. The van der Waals surface area contributed by atoms with Gasteiger partial charge in [-0.25, -0.2) is 0 Å². The molecule has 0 unspecified atom stereocenters. The molecule has 3 nitrogen and oxygen atoms in total. The van der Waals surface area contributed by atoms with Gasteiger partial charge in [0.1, 0.15) is 18.1 Å².